The van der Waals surface area contributed by atoms with Crippen molar-refractivity contribution in [3.8, 4) is 5.75 Å². The molecule has 138 valence electrons. The highest BCUT2D eigenvalue weighted by molar-refractivity contribution is 5.93. The molecule has 10 heteroatoms. The van der Waals surface area contributed by atoms with E-state index in [1.165, 1.54) is 17.0 Å². The van der Waals surface area contributed by atoms with Crippen LogP contribution in [0.5, 0.6) is 5.75 Å². The van der Waals surface area contributed by atoms with Gasteiger partial charge < -0.3 is 20.1 Å². The third-order valence-corrected chi connectivity index (χ3v) is 3.80. The molecule has 1 aliphatic heterocycles. The summed E-state index contributed by atoms with van der Waals surface area (Å²) < 4.78 is 36.8. The van der Waals surface area contributed by atoms with Crippen LogP contribution in [0.25, 0.3) is 0 Å². The van der Waals surface area contributed by atoms with Crippen LogP contribution in [0.4, 0.5) is 8.78 Å². The van der Waals surface area contributed by atoms with E-state index in [1.807, 2.05) is 0 Å². The van der Waals surface area contributed by atoms with Crippen LogP contribution in [-0.4, -0.2) is 52.7 Å². The van der Waals surface area contributed by atoms with Gasteiger partial charge in [0.2, 0.25) is 5.91 Å². The average Bonchev–Trinajstić information content (AvgIpc) is 3.09. The first-order valence-corrected chi connectivity index (χ1v) is 7.76. The van der Waals surface area contributed by atoms with Gasteiger partial charge in [0.25, 0.3) is 5.91 Å². The summed E-state index contributed by atoms with van der Waals surface area (Å²) in [5, 5.41) is 6.52. The lowest BCUT2D eigenvalue weighted by Crippen LogP contribution is -2.50. The molecule has 0 spiro atoms. The molecule has 3 rings (SSSR count). The SMILES string of the molecule is NC(=O)C1CN(C(=O)c2cc(COc3ccc(F)cc3F)[nH]n2)CCO1. The van der Waals surface area contributed by atoms with Crippen molar-refractivity contribution in [2.24, 2.45) is 5.73 Å². The molecular formula is C16H16F2N4O4. The van der Waals surface area contributed by atoms with E-state index in [4.69, 9.17) is 15.2 Å². The van der Waals surface area contributed by atoms with E-state index in [-0.39, 0.29) is 31.2 Å². The zero-order valence-corrected chi connectivity index (χ0v) is 13.6. The molecule has 1 saturated heterocycles. The summed E-state index contributed by atoms with van der Waals surface area (Å²) in [4.78, 5) is 25.1. The van der Waals surface area contributed by atoms with Crippen LogP contribution in [0.1, 0.15) is 16.2 Å². The minimum Gasteiger partial charge on any atom is -0.484 e. The van der Waals surface area contributed by atoms with Gasteiger partial charge in [0.1, 0.15) is 12.4 Å². The van der Waals surface area contributed by atoms with Crippen LogP contribution in [0.3, 0.4) is 0 Å². The van der Waals surface area contributed by atoms with Crippen molar-refractivity contribution in [3.05, 3.63) is 47.3 Å². The highest BCUT2D eigenvalue weighted by Crippen LogP contribution is 2.19. The number of hydrogen-bond donors (Lipinski definition) is 2. The second-order valence-corrected chi connectivity index (χ2v) is 5.65. The van der Waals surface area contributed by atoms with Crippen LogP contribution >= 0.6 is 0 Å². The predicted molar refractivity (Wildman–Crippen MR) is 84.1 cm³/mol. The maximum atomic E-state index is 13.5. The molecule has 0 saturated carbocycles. The predicted octanol–water partition coefficient (Wildman–Crippen LogP) is 0.593. The Bertz CT molecular complexity index is 826. The van der Waals surface area contributed by atoms with Crippen molar-refractivity contribution >= 4 is 11.8 Å². The van der Waals surface area contributed by atoms with Gasteiger partial charge in [-0.3, -0.25) is 14.7 Å². The van der Waals surface area contributed by atoms with Crippen molar-refractivity contribution in [1.82, 2.24) is 15.1 Å². The number of benzene rings is 1. The molecule has 1 atom stereocenters. The number of nitrogens with zero attached hydrogens (tertiary/aromatic N) is 2. The van der Waals surface area contributed by atoms with Crippen LogP contribution in [0.15, 0.2) is 24.3 Å². The second kappa shape index (κ2) is 7.48. The number of amides is 2. The maximum absolute atomic E-state index is 13.5. The molecule has 0 bridgehead atoms. The lowest BCUT2D eigenvalue weighted by atomic mass is 10.2. The molecule has 1 aliphatic rings. The molecular weight excluding hydrogens is 350 g/mol. The highest BCUT2D eigenvalue weighted by atomic mass is 19.1. The molecule has 0 radical (unpaired) electrons. The van der Waals surface area contributed by atoms with Gasteiger partial charge in [0.05, 0.1) is 18.8 Å². The summed E-state index contributed by atoms with van der Waals surface area (Å²) in [7, 11) is 0. The van der Waals surface area contributed by atoms with Gasteiger partial charge in [-0.05, 0) is 18.2 Å². The van der Waals surface area contributed by atoms with E-state index in [2.05, 4.69) is 10.2 Å². The lowest BCUT2D eigenvalue weighted by Gasteiger charge is -2.30. The largest absolute Gasteiger partial charge is 0.484 e. The summed E-state index contributed by atoms with van der Waals surface area (Å²) >= 11 is 0. The number of halogens is 2. The van der Waals surface area contributed by atoms with E-state index in [9.17, 15) is 18.4 Å². The fourth-order valence-corrected chi connectivity index (χ4v) is 2.46. The maximum Gasteiger partial charge on any atom is 0.274 e. The Morgan fingerprint density at radius 1 is 1.38 bits per heavy atom. The monoisotopic (exact) mass is 366 g/mol. The van der Waals surface area contributed by atoms with Gasteiger partial charge in [-0.15, -0.1) is 0 Å². The number of hydrogen-bond acceptors (Lipinski definition) is 5. The van der Waals surface area contributed by atoms with Crippen LogP contribution in [0, 0.1) is 11.6 Å². The number of nitrogens with one attached hydrogen (secondary N) is 1. The highest BCUT2D eigenvalue weighted by Gasteiger charge is 2.29. The Labute approximate surface area is 146 Å². The first-order chi connectivity index (χ1) is 12.4. The van der Waals surface area contributed by atoms with Crippen molar-refractivity contribution in [2.45, 2.75) is 12.7 Å². The molecule has 2 aromatic rings. The van der Waals surface area contributed by atoms with E-state index in [0.29, 0.717) is 18.3 Å². The quantitative estimate of drug-likeness (QED) is 0.805. The zero-order chi connectivity index (χ0) is 18.7. The fraction of sp³-hybridized carbons (Fsp3) is 0.312. The number of ether oxygens (including phenoxy) is 2. The Morgan fingerprint density at radius 2 is 2.19 bits per heavy atom. The molecule has 1 unspecified atom stereocenters. The van der Waals surface area contributed by atoms with Gasteiger partial charge in [-0.2, -0.15) is 5.10 Å². The van der Waals surface area contributed by atoms with Crippen molar-refractivity contribution in [3.63, 3.8) is 0 Å². The first kappa shape index (κ1) is 17.8. The minimum atomic E-state index is -0.851. The Morgan fingerprint density at radius 3 is 2.92 bits per heavy atom. The number of aromatic nitrogens is 2. The van der Waals surface area contributed by atoms with Crippen LogP contribution in [0.2, 0.25) is 0 Å². The third kappa shape index (κ3) is 3.97. The number of morpholine rings is 1. The van der Waals surface area contributed by atoms with Crippen molar-refractivity contribution < 1.29 is 27.8 Å². The molecule has 26 heavy (non-hydrogen) atoms. The molecule has 1 fully saturated rings. The van der Waals surface area contributed by atoms with Gasteiger partial charge in [0, 0.05) is 12.6 Å². The Hall–Kier alpha value is -3.01. The van der Waals surface area contributed by atoms with E-state index >= 15 is 0 Å². The molecule has 0 aliphatic carbocycles. The average molecular weight is 366 g/mol. The summed E-state index contributed by atoms with van der Waals surface area (Å²) in [5.74, 6) is -2.68. The topological polar surface area (TPSA) is 111 Å². The number of rotatable bonds is 5. The zero-order valence-electron chi connectivity index (χ0n) is 13.6. The Balaban J connectivity index is 1.62. The first-order valence-electron chi connectivity index (χ1n) is 7.76. The fourth-order valence-electron chi connectivity index (χ4n) is 2.46. The molecule has 8 nitrogen and oxygen atoms in total. The van der Waals surface area contributed by atoms with E-state index < -0.39 is 29.6 Å². The number of carbonyl (C=O) groups is 2. The smallest absolute Gasteiger partial charge is 0.274 e. The van der Waals surface area contributed by atoms with Gasteiger partial charge in [0.15, 0.2) is 23.4 Å². The lowest BCUT2D eigenvalue weighted by molar-refractivity contribution is -0.133. The van der Waals surface area contributed by atoms with E-state index in [0.717, 1.165) is 6.07 Å². The molecule has 1 aromatic heterocycles. The second-order valence-electron chi connectivity index (χ2n) is 5.65. The summed E-state index contributed by atoms with van der Waals surface area (Å²) in [6.07, 6.45) is -0.851. The molecule has 1 aromatic carbocycles. The number of H-pyrrole nitrogens is 1. The van der Waals surface area contributed by atoms with Crippen molar-refractivity contribution in [1.29, 1.82) is 0 Å². The summed E-state index contributed by atoms with van der Waals surface area (Å²) in [5.41, 5.74) is 5.74. The summed E-state index contributed by atoms with van der Waals surface area (Å²) in [6.45, 7) is 0.467. The van der Waals surface area contributed by atoms with Gasteiger partial charge >= 0.3 is 0 Å². The standard InChI is InChI=1S/C16H16F2N4O4/c17-9-1-2-13(11(18)5-9)26-8-10-6-12(21-20-10)16(24)22-3-4-25-14(7-22)15(19)23/h1-2,5-6,14H,3-4,7-8H2,(H2,19,23)(H,20,21). The van der Waals surface area contributed by atoms with Crippen LogP contribution in [-0.2, 0) is 16.1 Å². The Kier molecular flexibility index (Phi) is 5.12. The third-order valence-electron chi connectivity index (χ3n) is 3.80. The minimum absolute atomic E-state index is 0.0493. The number of nitrogens with two attached hydrogens (primary N) is 1. The number of primary amides is 1. The van der Waals surface area contributed by atoms with Crippen molar-refractivity contribution in [2.75, 3.05) is 19.7 Å². The van der Waals surface area contributed by atoms with Crippen LogP contribution < -0.4 is 10.5 Å². The molecule has 2 heterocycles. The normalized spacial score (nSPS) is 17.2. The molecule has 3 N–H and O–H groups in total. The van der Waals surface area contributed by atoms with Gasteiger partial charge in [-0.1, -0.05) is 0 Å². The van der Waals surface area contributed by atoms with Gasteiger partial charge in [-0.25, -0.2) is 8.78 Å². The van der Waals surface area contributed by atoms with E-state index in [1.54, 1.807) is 0 Å². The summed E-state index contributed by atoms with van der Waals surface area (Å²) in [6, 6.07) is 4.42. The number of aromatic amines is 1. The molecule has 2 amide bonds. The number of carbonyl (C=O) groups excluding carboxylic acids is 2.